The summed E-state index contributed by atoms with van der Waals surface area (Å²) in [5.74, 6) is 0.708. The summed E-state index contributed by atoms with van der Waals surface area (Å²) < 4.78 is 5.06. The fourth-order valence-corrected chi connectivity index (χ4v) is 2.17. The van der Waals surface area contributed by atoms with E-state index in [4.69, 9.17) is 4.74 Å². The summed E-state index contributed by atoms with van der Waals surface area (Å²) in [5, 5.41) is 9.45. The largest absolute Gasteiger partial charge is 0.504 e. The van der Waals surface area contributed by atoms with E-state index >= 15 is 0 Å². The van der Waals surface area contributed by atoms with Crippen molar-refractivity contribution in [1.29, 1.82) is 0 Å². The van der Waals surface area contributed by atoms with Gasteiger partial charge in [0.05, 0.1) is 7.11 Å². The maximum atomic E-state index is 9.45. The number of hydrogen-bond donors (Lipinski definition) is 1. The van der Waals surface area contributed by atoms with Gasteiger partial charge in [-0.05, 0) is 23.7 Å². The van der Waals surface area contributed by atoms with Gasteiger partial charge in [0.25, 0.3) is 0 Å². The number of rotatable bonds is 4. The molecule has 1 aromatic rings. The maximum absolute atomic E-state index is 9.45. The van der Waals surface area contributed by atoms with Gasteiger partial charge < -0.3 is 9.84 Å². The van der Waals surface area contributed by atoms with Crippen molar-refractivity contribution in [2.24, 2.45) is 0 Å². The first-order valence-electron chi connectivity index (χ1n) is 5.46. The Kier molecular flexibility index (Phi) is 4.18. The topological polar surface area (TPSA) is 29.5 Å². The molecule has 3 heteroatoms. The Morgan fingerprint density at radius 2 is 2.00 bits per heavy atom. The zero-order valence-corrected chi connectivity index (χ0v) is 11.4. The Balaban J connectivity index is 2.75. The number of benzene rings is 1. The molecule has 0 saturated carbocycles. The van der Waals surface area contributed by atoms with Gasteiger partial charge in [0, 0.05) is 8.07 Å². The maximum Gasteiger partial charge on any atom is 0.161 e. The molecule has 0 atom stereocenters. The highest BCUT2D eigenvalue weighted by Crippen LogP contribution is 2.26. The van der Waals surface area contributed by atoms with Crippen molar-refractivity contribution in [3.05, 3.63) is 29.8 Å². The highest BCUT2D eigenvalue weighted by atomic mass is 28.3. The van der Waals surface area contributed by atoms with Gasteiger partial charge in [0.2, 0.25) is 0 Å². The summed E-state index contributed by atoms with van der Waals surface area (Å²) in [6, 6.07) is 6.55. The van der Waals surface area contributed by atoms with Crippen LogP contribution in [0.2, 0.25) is 25.7 Å². The Hall–Kier alpha value is -1.22. The molecular weight excluding hydrogens is 216 g/mol. The molecule has 1 aromatic carbocycles. The molecule has 1 rings (SSSR count). The normalized spacial score (nSPS) is 12.0. The third-order valence-corrected chi connectivity index (χ3v) is 3.70. The SMILES string of the molecule is COc1cc(/C=C/C[Si](C)(C)C)ccc1O. The minimum atomic E-state index is -1.01. The number of phenols is 1. The molecule has 0 aliphatic heterocycles. The number of hydrogen-bond acceptors (Lipinski definition) is 2. The van der Waals surface area contributed by atoms with Gasteiger partial charge in [-0.1, -0.05) is 37.9 Å². The molecule has 0 aliphatic rings. The summed E-state index contributed by atoms with van der Waals surface area (Å²) in [6.45, 7) is 7.03. The molecule has 0 amide bonds. The second-order valence-corrected chi connectivity index (χ2v) is 10.6. The number of allylic oxidation sites excluding steroid dienone is 1. The van der Waals surface area contributed by atoms with Crippen LogP contribution in [-0.2, 0) is 0 Å². The van der Waals surface area contributed by atoms with Crippen LogP contribution < -0.4 is 4.74 Å². The second kappa shape index (κ2) is 5.21. The van der Waals surface area contributed by atoms with Crippen molar-refractivity contribution in [3.8, 4) is 11.5 Å². The van der Waals surface area contributed by atoms with Crippen molar-refractivity contribution < 1.29 is 9.84 Å². The zero-order valence-electron chi connectivity index (χ0n) is 10.4. The first-order valence-corrected chi connectivity index (χ1v) is 9.16. The van der Waals surface area contributed by atoms with Gasteiger partial charge in [0.15, 0.2) is 11.5 Å². The number of phenolic OH excluding ortho intramolecular Hbond substituents is 1. The van der Waals surface area contributed by atoms with E-state index in [1.54, 1.807) is 13.2 Å². The summed E-state index contributed by atoms with van der Waals surface area (Å²) in [7, 11) is 0.549. The van der Waals surface area contributed by atoms with Crippen LogP contribution in [0.3, 0.4) is 0 Å². The smallest absolute Gasteiger partial charge is 0.161 e. The molecule has 0 bridgehead atoms. The fourth-order valence-electron chi connectivity index (χ4n) is 1.35. The lowest BCUT2D eigenvalue weighted by Gasteiger charge is -2.11. The first-order chi connectivity index (χ1) is 7.42. The lowest BCUT2D eigenvalue weighted by Crippen LogP contribution is -2.17. The minimum absolute atomic E-state index is 0.185. The average molecular weight is 236 g/mol. The van der Waals surface area contributed by atoms with Crippen molar-refractivity contribution in [2.75, 3.05) is 7.11 Å². The highest BCUT2D eigenvalue weighted by molar-refractivity contribution is 6.76. The van der Waals surface area contributed by atoms with E-state index in [2.05, 4.69) is 31.8 Å². The van der Waals surface area contributed by atoms with Crippen molar-refractivity contribution >= 4 is 14.1 Å². The van der Waals surface area contributed by atoms with E-state index in [1.807, 2.05) is 12.1 Å². The molecule has 0 saturated heterocycles. The summed E-state index contributed by atoms with van der Waals surface area (Å²) in [6.07, 6.45) is 4.29. The lowest BCUT2D eigenvalue weighted by molar-refractivity contribution is 0.373. The fraction of sp³-hybridized carbons (Fsp3) is 0.385. The summed E-state index contributed by atoms with van der Waals surface area (Å²) in [4.78, 5) is 0. The first kappa shape index (κ1) is 12.8. The number of methoxy groups -OCH3 is 1. The molecular formula is C13H20O2Si. The van der Waals surface area contributed by atoms with E-state index < -0.39 is 8.07 Å². The molecule has 0 spiro atoms. The predicted octanol–water partition coefficient (Wildman–Crippen LogP) is 3.75. The van der Waals surface area contributed by atoms with E-state index in [1.165, 1.54) is 0 Å². The summed E-state index contributed by atoms with van der Waals surface area (Å²) >= 11 is 0. The van der Waals surface area contributed by atoms with Gasteiger partial charge in [-0.2, -0.15) is 0 Å². The van der Waals surface area contributed by atoms with Crippen LogP contribution in [0.15, 0.2) is 24.3 Å². The molecule has 0 heterocycles. The van der Waals surface area contributed by atoms with Crippen LogP contribution in [0.25, 0.3) is 6.08 Å². The molecule has 88 valence electrons. The minimum Gasteiger partial charge on any atom is -0.504 e. The molecule has 0 fully saturated rings. The van der Waals surface area contributed by atoms with Crippen LogP contribution in [0.5, 0.6) is 11.5 Å². The molecule has 0 unspecified atom stereocenters. The Labute approximate surface area is 98.6 Å². The highest BCUT2D eigenvalue weighted by Gasteiger charge is 2.09. The van der Waals surface area contributed by atoms with Crippen LogP contribution >= 0.6 is 0 Å². The second-order valence-electron chi connectivity index (χ2n) is 5.10. The van der Waals surface area contributed by atoms with Gasteiger partial charge in [-0.25, -0.2) is 0 Å². The van der Waals surface area contributed by atoms with E-state index in [0.29, 0.717) is 5.75 Å². The number of aromatic hydroxyl groups is 1. The third-order valence-electron chi connectivity index (χ3n) is 2.24. The quantitative estimate of drug-likeness (QED) is 0.807. The van der Waals surface area contributed by atoms with Crippen molar-refractivity contribution in [1.82, 2.24) is 0 Å². The molecule has 0 aliphatic carbocycles. The van der Waals surface area contributed by atoms with E-state index in [-0.39, 0.29) is 5.75 Å². The number of ether oxygens (including phenoxy) is 1. The van der Waals surface area contributed by atoms with Crippen LogP contribution in [0.1, 0.15) is 5.56 Å². The van der Waals surface area contributed by atoms with E-state index in [9.17, 15) is 5.11 Å². The van der Waals surface area contributed by atoms with Gasteiger partial charge in [-0.3, -0.25) is 0 Å². The zero-order chi connectivity index (χ0) is 12.2. The lowest BCUT2D eigenvalue weighted by atomic mass is 10.2. The molecule has 1 N–H and O–H groups in total. The van der Waals surface area contributed by atoms with Crippen LogP contribution in [0.4, 0.5) is 0 Å². The molecule has 0 radical (unpaired) electrons. The van der Waals surface area contributed by atoms with Gasteiger partial charge in [0.1, 0.15) is 0 Å². The summed E-state index contributed by atoms with van der Waals surface area (Å²) in [5.41, 5.74) is 1.06. The third kappa shape index (κ3) is 4.11. The standard InChI is InChI=1S/C13H20O2Si/c1-15-13-10-11(7-8-12(13)14)6-5-9-16(2,3)4/h5-8,10,14H,9H2,1-4H3/b6-5+. The Bertz CT molecular complexity index is 378. The van der Waals surface area contributed by atoms with Gasteiger partial charge in [-0.15, -0.1) is 0 Å². The van der Waals surface area contributed by atoms with Crippen molar-refractivity contribution in [2.45, 2.75) is 25.7 Å². The Morgan fingerprint density at radius 1 is 1.31 bits per heavy atom. The molecule has 16 heavy (non-hydrogen) atoms. The van der Waals surface area contributed by atoms with E-state index in [0.717, 1.165) is 11.6 Å². The molecule has 0 aromatic heterocycles. The Morgan fingerprint density at radius 3 is 2.56 bits per heavy atom. The monoisotopic (exact) mass is 236 g/mol. The van der Waals surface area contributed by atoms with Crippen LogP contribution in [-0.4, -0.2) is 20.3 Å². The van der Waals surface area contributed by atoms with Gasteiger partial charge >= 0.3 is 0 Å². The van der Waals surface area contributed by atoms with Crippen molar-refractivity contribution in [3.63, 3.8) is 0 Å². The predicted molar refractivity (Wildman–Crippen MR) is 71.8 cm³/mol. The van der Waals surface area contributed by atoms with Crippen LogP contribution in [0, 0.1) is 0 Å². The average Bonchev–Trinajstić information content (AvgIpc) is 2.18. The molecule has 2 nitrogen and oxygen atoms in total.